The Hall–Kier alpha value is -3.14. The fourth-order valence-electron chi connectivity index (χ4n) is 2.81. The summed E-state index contributed by atoms with van der Waals surface area (Å²) >= 11 is 0. The van der Waals surface area contributed by atoms with E-state index in [0.717, 1.165) is 25.3 Å². The maximum Gasteiger partial charge on any atom is 0.339 e. The first-order chi connectivity index (χ1) is 12.9. The first-order valence-corrected chi connectivity index (χ1v) is 7.95. The molecule has 142 valence electrons. The van der Waals surface area contributed by atoms with Crippen LogP contribution < -0.4 is 4.90 Å². The highest BCUT2D eigenvalue weighted by Gasteiger charge is 2.29. The highest BCUT2D eigenvalue weighted by atomic mass is 19.2. The molecule has 1 saturated heterocycles. The number of carbonyl (C=O) groups is 1. The van der Waals surface area contributed by atoms with E-state index in [-0.39, 0.29) is 30.2 Å². The molecule has 0 N–H and O–H groups in total. The molecule has 8 nitrogen and oxygen atoms in total. The van der Waals surface area contributed by atoms with Crippen LogP contribution in [0.5, 0.6) is 0 Å². The maximum atomic E-state index is 13.5. The van der Waals surface area contributed by atoms with Gasteiger partial charge in [-0.2, -0.15) is 0 Å². The van der Waals surface area contributed by atoms with Crippen LogP contribution in [-0.4, -0.2) is 42.7 Å². The number of esters is 1. The molecule has 0 radical (unpaired) electrons. The predicted molar refractivity (Wildman–Crippen MR) is 89.5 cm³/mol. The number of methoxy groups -OCH3 is 1. The number of halogens is 2. The number of anilines is 1. The largest absolute Gasteiger partial charge is 0.465 e. The molecule has 0 aliphatic carbocycles. The zero-order chi connectivity index (χ0) is 19.6. The van der Waals surface area contributed by atoms with Crippen LogP contribution in [0.3, 0.4) is 0 Å². The summed E-state index contributed by atoms with van der Waals surface area (Å²) in [6.07, 6.45) is 0.575. The Morgan fingerprint density at radius 1 is 1.37 bits per heavy atom. The lowest BCUT2D eigenvalue weighted by atomic mass is 10.1. The van der Waals surface area contributed by atoms with E-state index in [1.807, 2.05) is 0 Å². The minimum atomic E-state index is -1.00. The third-order valence-electron chi connectivity index (χ3n) is 4.15. The summed E-state index contributed by atoms with van der Waals surface area (Å²) in [6, 6.07) is 4.52. The number of hydrogen-bond donors (Lipinski definition) is 0. The van der Waals surface area contributed by atoms with Crippen molar-refractivity contribution >= 4 is 17.5 Å². The minimum Gasteiger partial charge on any atom is -0.465 e. The van der Waals surface area contributed by atoms with Crippen LogP contribution >= 0.6 is 0 Å². The average molecular weight is 379 g/mol. The van der Waals surface area contributed by atoms with Crippen LogP contribution in [0, 0.1) is 21.7 Å². The van der Waals surface area contributed by atoms with Crippen molar-refractivity contribution in [2.75, 3.05) is 31.7 Å². The summed E-state index contributed by atoms with van der Waals surface area (Å²) in [7, 11) is 1.16. The number of morpholine rings is 1. The van der Waals surface area contributed by atoms with Crippen LogP contribution in [0.2, 0.25) is 0 Å². The van der Waals surface area contributed by atoms with Gasteiger partial charge in [0.05, 0.1) is 30.7 Å². The normalized spacial score (nSPS) is 16.9. The lowest BCUT2D eigenvalue weighted by Gasteiger charge is -2.33. The number of aromatic nitrogens is 1. The van der Waals surface area contributed by atoms with Crippen molar-refractivity contribution in [1.82, 2.24) is 4.98 Å². The molecule has 0 spiro atoms. The van der Waals surface area contributed by atoms with E-state index >= 15 is 0 Å². The molecular weight excluding hydrogens is 364 g/mol. The number of pyridine rings is 1. The second kappa shape index (κ2) is 7.62. The monoisotopic (exact) mass is 379 g/mol. The second-order valence-electron chi connectivity index (χ2n) is 5.79. The minimum absolute atomic E-state index is 0.0432. The summed E-state index contributed by atoms with van der Waals surface area (Å²) < 4.78 is 36.8. The zero-order valence-corrected chi connectivity index (χ0v) is 14.2. The van der Waals surface area contributed by atoms with Gasteiger partial charge >= 0.3 is 11.7 Å². The molecule has 10 heteroatoms. The number of nitrogens with zero attached hydrogens (tertiary/aromatic N) is 3. The lowest BCUT2D eigenvalue weighted by Crippen LogP contribution is -2.39. The van der Waals surface area contributed by atoms with Crippen LogP contribution in [-0.2, 0) is 9.47 Å². The van der Waals surface area contributed by atoms with Crippen molar-refractivity contribution in [2.24, 2.45) is 0 Å². The van der Waals surface area contributed by atoms with Gasteiger partial charge in [-0.1, -0.05) is 6.07 Å². The first kappa shape index (κ1) is 18.6. The number of carbonyl (C=O) groups excluding carboxylic acids is 1. The fraction of sp³-hybridized carbons (Fsp3) is 0.294. The van der Waals surface area contributed by atoms with Gasteiger partial charge < -0.3 is 14.4 Å². The Labute approximate surface area is 152 Å². The standard InChI is InChI=1S/C17H15F2N3O5/c1-26-17(23)11-7-14(22(24)25)16(20-8-11)21-4-5-27-15(9-21)10-2-3-12(18)13(19)6-10/h2-3,6-8,15H,4-5,9H2,1H3. The Morgan fingerprint density at radius 3 is 2.81 bits per heavy atom. The number of hydrogen-bond acceptors (Lipinski definition) is 7. The summed E-state index contributed by atoms with van der Waals surface area (Å²) in [4.78, 5) is 28.0. The molecular formula is C17H15F2N3O5. The van der Waals surface area contributed by atoms with E-state index in [9.17, 15) is 23.7 Å². The number of ether oxygens (including phenoxy) is 2. The van der Waals surface area contributed by atoms with Gasteiger partial charge in [0, 0.05) is 18.8 Å². The van der Waals surface area contributed by atoms with E-state index < -0.39 is 28.6 Å². The summed E-state index contributed by atoms with van der Waals surface area (Å²) in [5, 5.41) is 11.4. The molecule has 0 bridgehead atoms. The smallest absolute Gasteiger partial charge is 0.339 e. The molecule has 2 heterocycles. The van der Waals surface area contributed by atoms with Crippen LogP contribution in [0.15, 0.2) is 30.5 Å². The van der Waals surface area contributed by atoms with Crippen molar-refractivity contribution in [2.45, 2.75) is 6.10 Å². The molecule has 27 heavy (non-hydrogen) atoms. The van der Waals surface area contributed by atoms with Gasteiger partial charge in [0.25, 0.3) is 0 Å². The van der Waals surface area contributed by atoms with Crippen molar-refractivity contribution in [3.8, 4) is 0 Å². The second-order valence-corrected chi connectivity index (χ2v) is 5.79. The SMILES string of the molecule is COC(=O)c1cnc(N2CCOC(c3ccc(F)c(F)c3)C2)c([N+](=O)[O-])c1. The lowest BCUT2D eigenvalue weighted by molar-refractivity contribution is -0.384. The summed E-state index contributed by atoms with van der Waals surface area (Å²) in [5.74, 6) is -2.65. The van der Waals surface area contributed by atoms with Crippen LogP contribution in [0.1, 0.15) is 22.0 Å². The molecule has 0 amide bonds. The van der Waals surface area contributed by atoms with E-state index in [2.05, 4.69) is 9.72 Å². The molecule has 1 aromatic heterocycles. The van der Waals surface area contributed by atoms with Gasteiger partial charge in [0.1, 0.15) is 6.10 Å². The van der Waals surface area contributed by atoms with Crippen molar-refractivity contribution in [3.63, 3.8) is 0 Å². The van der Waals surface area contributed by atoms with E-state index in [4.69, 9.17) is 4.74 Å². The van der Waals surface area contributed by atoms with E-state index in [1.165, 1.54) is 12.3 Å². The predicted octanol–water partition coefficient (Wildman–Crippen LogP) is 2.63. The molecule has 1 atom stereocenters. The molecule has 1 unspecified atom stereocenters. The van der Waals surface area contributed by atoms with Gasteiger partial charge in [-0.25, -0.2) is 18.6 Å². The first-order valence-electron chi connectivity index (χ1n) is 7.95. The molecule has 3 rings (SSSR count). The molecule has 2 aromatic rings. The highest BCUT2D eigenvalue weighted by Crippen LogP contribution is 2.31. The summed E-state index contributed by atoms with van der Waals surface area (Å²) in [5.41, 5.74) is 0.00892. The van der Waals surface area contributed by atoms with Crippen molar-refractivity contribution in [1.29, 1.82) is 0 Å². The van der Waals surface area contributed by atoms with Crippen LogP contribution in [0.25, 0.3) is 0 Å². The molecule has 1 aliphatic heterocycles. The Kier molecular flexibility index (Phi) is 5.26. The maximum absolute atomic E-state index is 13.5. The van der Waals surface area contributed by atoms with Gasteiger partial charge in [-0.15, -0.1) is 0 Å². The summed E-state index contributed by atoms with van der Waals surface area (Å²) in [6.45, 7) is 0.670. The zero-order valence-electron chi connectivity index (χ0n) is 14.2. The third kappa shape index (κ3) is 3.85. The van der Waals surface area contributed by atoms with Crippen LogP contribution in [0.4, 0.5) is 20.3 Å². The van der Waals surface area contributed by atoms with E-state index in [1.54, 1.807) is 4.90 Å². The average Bonchev–Trinajstić information content (AvgIpc) is 2.69. The number of nitro groups is 1. The van der Waals surface area contributed by atoms with Gasteiger partial charge in [-0.05, 0) is 17.7 Å². The quantitative estimate of drug-likeness (QED) is 0.458. The Bertz CT molecular complexity index is 893. The Balaban J connectivity index is 1.90. The Morgan fingerprint density at radius 2 is 2.15 bits per heavy atom. The highest BCUT2D eigenvalue weighted by molar-refractivity contribution is 5.90. The molecule has 1 fully saturated rings. The van der Waals surface area contributed by atoms with Crippen molar-refractivity contribution in [3.05, 3.63) is 63.3 Å². The molecule has 1 aliphatic rings. The topological polar surface area (TPSA) is 94.8 Å². The third-order valence-corrected chi connectivity index (χ3v) is 4.15. The number of benzene rings is 1. The molecule has 0 saturated carbocycles. The fourth-order valence-corrected chi connectivity index (χ4v) is 2.81. The van der Waals surface area contributed by atoms with Crippen molar-refractivity contribution < 1.29 is 28.0 Å². The van der Waals surface area contributed by atoms with Gasteiger partial charge in [0.2, 0.25) is 5.82 Å². The van der Waals surface area contributed by atoms with Gasteiger partial charge in [0.15, 0.2) is 11.6 Å². The molecule has 1 aromatic carbocycles. The number of rotatable bonds is 4. The van der Waals surface area contributed by atoms with E-state index in [0.29, 0.717) is 12.1 Å². The van der Waals surface area contributed by atoms with Gasteiger partial charge in [-0.3, -0.25) is 10.1 Å².